The highest BCUT2D eigenvalue weighted by Crippen LogP contribution is 2.15. The molecule has 0 saturated carbocycles. The van der Waals surface area contributed by atoms with E-state index in [0.29, 0.717) is 19.4 Å². The van der Waals surface area contributed by atoms with Gasteiger partial charge in [0.05, 0.1) is 5.71 Å². The molecule has 1 aromatic carbocycles. The average Bonchev–Trinajstić information content (AvgIpc) is 2.31. The van der Waals surface area contributed by atoms with Gasteiger partial charge in [0, 0.05) is 19.4 Å². The van der Waals surface area contributed by atoms with Crippen molar-refractivity contribution in [2.45, 2.75) is 19.8 Å². The van der Waals surface area contributed by atoms with E-state index < -0.39 is 0 Å². The van der Waals surface area contributed by atoms with Gasteiger partial charge < -0.3 is 0 Å². The first kappa shape index (κ1) is 10.8. The van der Waals surface area contributed by atoms with E-state index in [-0.39, 0.29) is 11.7 Å². The molecular weight excluding hydrogens is 207 g/mol. The lowest BCUT2D eigenvalue weighted by Crippen LogP contribution is -2.31. The van der Waals surface area contributed by atoms with Crippen molar-refractivity contribution in [3.05, 3.63) is 35.6 Å². The number of hydrazone groups is 1. The molecule has 0 atom stereocenters. The van der Waals surface area contributed by atoms with Crippen molar-refractivity contribution in [2.24, 2.45) is 5.10 Å². The van der Waals surface area contributed by atoms with Crippen molar-refractivity contribution in [3.8, 4) is 0 Å². The lowest BCUT2D eigenvalue weighted by Gasteiger charge is -2.22. The summed E-state index contributed by atoms with van der Waals surface area (Å²) in [6.45, 7) is 2.46. The topological polar surface area (TPSA) is 32.7 Å². The quantitative estimate of drug-likeness (QED) is 0.751. The zero-order valence-corrected chi connectivity index (χ0v) is 9.11. The molecule has 1 aliphatic rings. The van der Waals surface area contributed by atoms with Gasteiger partial charge in [0.2, 0.25) is 5.91 Å². The molecular formula is C12H13FN2O. The highest BCUT2D eigenvalue weighted by molar-refractivity contribution is 6.04. The molecule has 16 heavy (non-hydrogen) atoms. The number of rotatable bonds is 2. The molecule has 1 aromatic rings. The summed E-state index contributed by atoms with van der Waals surface area (Å²) in [5, 5.41) is 5.72. The van der Waals surface area contributed by atoms with Gasteiger partial charge in [-0.1, -0.05) is 12.1 Å². The van der Waals surface area contributed by atoms with Gasteiger partial charge in [0.25, 0.3) is 0 Å². The normalized spacial score (nSPS) is 16.2. The van der Waals surface area contributed by atoms with Crippen LogP contribution in [-0.4, -0.2) is 23.2 Å². The molecule has 0 bridgehead atoms. The van der Waals surface area contributed by atoms with Crippen LogP contribution in [0.15, 0.2) is 29.4 Å². The molecule has 0 radical (unpaired) electrons. The summed E-state index contributed by atoms with van der Waals surface area (Å²) >= 11 is 0. The number of hydrogen-bond donors (Lipinski definition) is 0. The van der Waals surface area contributed by atoms with Gasteiger partial charge in [-0.15, -0.1) is 0 Å². The SMILES string of the molecule is CCN1N=C(c2ccc(F)cc2)CCC1=O. The second kappa shape index (κ2) is 4.43. The van der Waals surface area contributed by atoms with Crippen LogP contribution < -0.4 is 0 Å². The van der Waals surface area contributed by atoms with E-state index in [1.165, 1.54) is 17.1 Å². The Kier molecular flexibility index (Phi) is 2.99. The molecule has 84 valence electrons. The van der Waals surface area contributed by atoms with Gasteiger partial charge in [-0.05, 0) is 24.6 Å². The lowest BCUT2D eigenvalue weighted by atomic mass is 10.0. The Hall–Kier alpha value is -1.71. The van der Waals surface area contributed by atoms with Crippen molar-refractivity contribution in [1.29, 1.82) is 0 Å². The summed E-state index contributed by atoms with van der Waals surface area (Å²) in [6, 6.07) is 6.20. The first-order chi connectivity index (χ1) is 7.70. The van der Waals surface area contributed by atoms with E-state index in [0.717, 1.165) is 11.3 Å². The third kappa shape index (κ3) is 2.10. The predicted octanol–water partition coefficient (Wildman–Crippen LogP) is 2.17. The van der Waals surface area contributed by atoms with Crippen molar-refractivity contribution in [3.63, 3.8) is 0 Å². The van der Waals surface area contributed by atoms with Crippen LogP contribution in [0.5, 0.6) is 0 Å². The fraction of sp³-hybridized carbons (Fsp3) is 0.333. The van der Waals surface area contributed by atoms with Gasteiger partial charge in [0.1, 0.15) is 5.82 Å². The molecule has 2 rings (SSSR count). The van der Waals surface area contributed by atoms with E-state index in [1.54, 1.807) is 12.1 Å². The highest BCUT2D eigenvalue weighted by atomic mass is 19.1. The molecule has 1 heterocycles. The zero-order valence-electron chi connectivity index (χ0n) is 9.11. The van der Waals surface area contributed by atoms with Gasteiger partial charge in [-0.2, -0.15) is 5.10 Å². The van der Waals surface area contributed by atoms with Crippen molar-refractivity contribution < 1.29 is 9.18 Å². The monoisotopic (exact) mass is 220 g/mol. The largest absolute Gasteiger partial charge is 0.273 e. The molecule has 1 amide bonds. The van der Waals surface area contributed by atoms with Crippen LogP contribution in [0, 0.1) is 5.82 Å². The standard InChI is InChI=1S/C12H13FN2O/c1-2-15-12(16)8-7-11(14-15)9-3-5-10(13)6-4-9/h3-6H,2,7-8H2,1H3. The van der Waals surface area contributed by atoms with Crippen molar-refractivity contribution in [2.75, 3.05) is 6.54 Å². The van der Waals surface area contributed by atoms with Gasteiger partial charge in [0.15, 0.2) is 0 Å². The van der Waals surface area contributed by atoms with Crippen LogP contribution >= 0.6 is 0 Å². The number of carbonyl (C=O) groups is 1. The molecule has 3 nitrogen and oxygen atoms in total. The lowest BCUT2D eigenvalue weighted by molar-refractivity contribution is -0.131. The summed E-state index contributed by atoms with van der Waals surface area (Å²) in [7, 11) is 0. The van der Waals surface area contributed by atoms with Gasteiger partial charge in [-0.25, -0.2) is 9.40 Å². The van der Waals surface area contributed by atoms with E-state index >= 15 is 0 Å². The smallest absolute Gasteiger partial charge is 0.243 e. The van der Waals surface area contributed by atoms with Crippen LogP contribution in [0.4, 0.5) is 4.39 Å². The molecule has 0 aliphatic carbocycles. The Morgan fingerprint density at radius 2 is 2.00 bits per heavy atom. The number of hydrogen-bond acceptors (Lipinski definition) is 2. The minimum atomic E-state index is -0.261. The fourth-order valence-corrected chi connectivity index (χ4v) is 1.70. The Labute approximate surface area is 93.6 Å². The Morgan fingerprint density at radius 1 is 1.31 bits per heavy atom. The molecule has 0 N–H and O–H groups in total. The zero-order chi connectivity index (χ0) is 11.5. The van der Waals surface area contributed by atoms with E-state index in [9.17, 15) is 9.18 Å². The summed E-state index contributed by atoms with van der Waals surface area (Å²) < 4.78 is 12.8. The fourth-order valence-electron chi connectivity index (χ4n) is 1.70. The van der Waals surface area contributed by atoms with Crippen molar-refractivity contribution in [1.82, 2.24) is 5.01 Å². The van der Waals surface area contributed by atoms with E-state index in [2.05, 4.69) is 5.10 Å². The Bertz CT molecular complexity index is 425. The third-order valence-corrected chi connectivity index (χ3v) is 2.58. The number of nitrogens with zero attached hydrogens (tertiary/aromatic N) is 2. The molecule has 0 aromatic heterocycles. The second-order valence-electron chi connectivity index (χ2n) is 3.66. The molecule has 0 fully saturated rings. The first-order valence-electron chi connectivity index (χ1n) is 5.34. The average molecular weight is 220 g/mol. The summed E-state index contributed by atoms with van der Waals surface area (Å²) in [6.07, 6.45) is 1.10. The molecule has 1 aliphatic heterocycles. The maximum Gasteiger partial charge on any atom is 0.243 e. The molecule has 0 unspecified atom stereocenters. The number of benzene rings is 1. The van der Waals surface area contributed by atoms with Crippen LogP contribution in [-0.2, 0) is 4.79 Å². The maximum atomic E-state index is 12.8. The summed E-state index contributed by atoms with van der Waals surface area (Å²) in [5.74, 6) is -0.211. The third-order valence-electron chi connectivity index (χ3n) is 2.58. The second-order valence-corrected chi connectivity index (χ2v) is 3.66. The van der Waals surface area contributed by atoms with Gasteiger partial charge >= 0.3 is 0 Å². The van der Waals surface area contributed by atoms with Crippen LogP contribution in [0.1, 0.15) is 25.3 Å². The van der Waals surface area contributed by atoms with Crippen LogP contribution in [0.25, 0.3) is 0 Å². The first-order valence-corrected chi connectivity index (χ1v) is 5.34. The van der Waals surface area contributed by atoms with E-state index in [4.69, 9.17) is 0 Å². The summed E-state index contributed by atoms with van der Waals surface area (Å²) in [4.78, 5) is 11.4. The van der Waals surface area contributed by atoms with Crippen LogP contribution in [0.2, 0.25) is 0 Å². The van der Waals surface area contributed by atoms with Gasteiger partial charge in [-0.3, -0.25) is 4.79 Å². The predicted molar refractivity (Wildman–Crippen MR) is 59.6 cm³/mol. The number of carbonyl (C=O) groups excluding carboxylic acids is 1. The Balaban J connectivity index is 2.27. The minimum absolute atomic E-state index is 0.0494. The maximum absolute atomic E-state index is 12.8. The highest BCUT2D eigenvalue weighted by Gasteiger charge is 2.19. The molecule has 0 saturated heterocycles. The minimum Gasteiger partial charge on any atom is -0.273 e. The number of halogens is 1. The van der Waals surface area contributed by atoms with E-state index in [1.807, 2.05) is 6.92 Å². The van der Waals surface area contributed by atoms with Crippen molar-refractivity contribution >= 4 is 11.6 Å². The van der Waals surface area contributed by atoms with Crippen LogP contribution in [0.3, 0.4) is 0 Å². The summed E-state index contributed by atoms with van der Waals surface area (Å²) in [5.41, 5.74) is 1.73. The Morgan fingerprint density at radius 3 is 2.62 bits per heavy atom. The molecule has 0 spiro atoms. The molecule has 4 heteroatoms. The number of amides is 1.